The van der Waals surface area contributed by atoms with E-state index in [1.165, 1.54) is 12.1 Å². The fourth-order valence-electron chi connectivity index (χ4n) is 2.16. The predicted molar refractivity (Wildman–Crippen MR) is 70.5 cm³/mol. The quantitative estimate of drug-likeness (QED) is 0.810. The van der Waals surface area contributed by atoms with E-state index in [1.807, 2.05) is 6.92 Å². The lowest BCUT2D eigenvalue weighted by molar-refractivity contribution is 0.630. The predicted octanol–water partition coefficient (Wildman–Crippen LogP) is 2.84. The second-order valence-electron chi connectivity index (χ2n) is 4.53. The van der Waals surface area contributed by atoms with E-state index in [4.69, 9.17) is 11.6 Å². The molecule has 1 aliphatic heterocycles. The van der Waals surface area contributed by atoms with Gasteiger partial charge in [0.1, 0.15) is 0 Å². The third-order valence-electron chi connectivity index (χ3n) is 3.21. The average molecular weight is 239 g/mol. The van der Waals surface area contributed by atoms with Gasteiger partial charge < -0.3 is 10.2 Å². The largest absolute Gasteiger partial charge is 0.367 e. The molecule has 88 valence electrons. The first kappa shape index (κ1) is 11.7. The van der Waals surface area contributed by atoms with Crippen molar-refractivity contribution >= 4 is 17.3 Å². The summed E-state index contributed by atoms with van der Waals surface area (Å²) >= 11 is 6.18. The topological polar surface area (TPSA) is 15.3 Å². The van der Waals surface area contributed by atoms with E-state index in [1.54, 1.807) is 0 Å². The highest BCUT2D eigenvalue weighted by molar-refractivity contribution is 6.31. The number of hydrogen-bond acceptors (Lipinski definition) is 2. The molecule has 0 bridgehead atoms. The Balaban J connectivity index is 2.23. The van der Waals surface area contributed by atoms with Gasteiger partial charge in [0, 0.05) is 29.8 Å². The van der Waals surface area contributed by atoms with Gasteiger partial charge in [0.25, 0.3) is 0 Å². The molecule has 1 unspecified atom stereocenters. The number of hydrogen-bond donors (Lipinski definition) is 1. The Morgan fingerprint density at radius 2 is 2.25 bits per heavy atom. The molecule has 0 radical (unpaired) electrons. The molecule has 1 heterocycles. The molecule has 1 aliphatic rings. The zero-order chi connectivity index (χ0) is 11.5. The van der Waals surface area contributed by atoms with Crippen molar-refractivity contribution in [1.29, 1.82) is 0 Å². The van der Waals surface area contributed by atoms with Crippen LogP contribution in [0.1, 0.15) is 18.9 Å². The van der Waals surface area contributed by atoms with Crippen LogP contribution in [-0.4, -0.2) is 25.7 Å². The molecular weight excluding hydrogens is 220 g/mol. The number of nitrogens with zero attached hydrogens (tertiary/aromatic N) is 1. The molecule has 1 aromatic carbocycles. The Hall–Kier alpha value is -0.730. The van der Waals surface area contributed by atoms with E-state index in [9.17, 15) is 0 Å². The number of anilines is 1. The van der Waals surface area contributed by atoms with Gasteiger partial charge in [0.2, 0.25) is 0 Å². The van der Waals surface area contributed by atoms with E-state index in [0.717, 1.165) is 30.2 Å². The second-order valence-corrected chi connectivity index (χ2v) is 4.94. The second kappa shape index (κ2) is 5.07. The van der Waals surface area contributed by atoms with Crippen LogP contribution < -0.4 is 10.2 Å². The highest BCUT2D eigenvalue weighted by Crippen LogP contribution is 2.25. The first-order chi connectivity index (χ1) is 7.68. The van der Waals surface area contributed by atoms with Gasteiger partial charge >= 0.3 is 0 Å². The molecule has 0 saturated carbocycles. The highest BCUT2D eigenvalue weighted by atomic mass is 35.5. The van der Waals surface area contributed by atoms with Crippen LogP contribution in [0.25, 0.3) is 0 Å². The average Bonchev–Trinajstić information content (AvgIpc) is 2.47. The van der Waals surface area contributed by atoms with E-state index in [2.05, 4.69) is 35.3 Å². The van der Waals surface area contributed by atoms with Crippen molar-refractivity contribution in [2.45, 2.75) is 26.3 Å². The first-order valence-electron chi connectivity index (χ1n) is 5.92. The van der Waals surface area contributed by atoms with Crippen LogP contribution in [0.2, 0.25) is 5.02 Å². The third-order valence-corrected chi connectivity index (χ3v) is 3.62. The summed E-state index contributed by atoms with van der Waals surface area (Å²) in [6.07, 6.45) is 1.19. The number of benzene rings is 1. The molecule has 0 aromatic heterocycles. The molecule has 1 N–H and O–H groups in total. The summed E-state index contributed by atoms with van der Waals surface area (Å²) < 4.78 is 0. The summed E-state index contributed by atoms with van der Waals surface area (Å²) in [4.78, 5) is 2.44. The van der Waals surface area contributed by atoms with Crippen LogP contribution in [0.15, 0.2) is 18.2 Å². The van der Waals surface area contributed by atoms with Crippen molar-refractivity contribution in [1.82, 2.24) is 5.32 Å². The molecule has 3 heteroatoms. The lowest BCUT2D eigenvalue weighted by Gasteiger charge is -2.29. The van der Waals surface area contributed by atoms with Crippen LogP contribution in [-0.2, 0) is 0 Å². The van der Waals surface area contributed by atoms with Crippen molar-refractivity contribution < 1.29 is 0 Å². The number of aryl methyl sites for hydroxylation is 1. The fourth-order valence-corrected chi connectivity index (χ4v) is 2.33. The van der Waals surface area contributed by atoms with Crippen molar-refractivity contribution in [2.75, 3.05) is 24.5 Å². The van der Waals surface area contributed by atoms with E-state index in [-0.39, 0.29) is 0 Å². The summed E-state index contributed by atoms with van der Waals surface area (Å²) in [5.41, 5.74) is 2.39. The number of rotatable bonds is 1. The molecule has 16 heavy (non-hydrogen) atoms. The van der Waals surface area contributed by atoms with Crippen molar-refractivity contribution in [2.24, 2.45) is 0 Å². The molecule has 0 spiro atoms. The molecule has 1 aromatic rings. The van der Waals surface area contributed by atoms with Gasteiger partial charge in [-0.3, -0.25) is 0 Å². The maximum atomic E-state index is 6.18. The van der Waals surface area contributed by atoms with Crippen LogP contribution in [0, 0.1) is 6.92 Å². The van der Waals surface area contributed by atoms with Gasteiger partial charge in [0.15, 0.2) is 0 Å². The van der Waals surface area contributed by atoms with Crippen LogP contribution >= 0.6 is 11.6 Å². The van der Waals surface area contributed by atoms with Gasteiger partial charge in [-0.15, -0.1) is 0 Å². The third kappa shape index (κ3) is 2.50. The Bertz CT molecular complexity index is 365. The smallest absolute Gasteiger partial charge is 0.0455 e. The standard InChI is InChI=1S/C13H19ClN2/c1-10-4-5-12(8-13(10)14)16-7-3-6-15-9-11(16)2/h4-5,8,11,15H,3,6-7,9H2,1-2H3. The van der Waals surface area contributed by atoms with Gasteiger partial charge in [-0.05, 0) is 44.5 Å². The van der Waals surface area contributed by atoms with E-state index < -0.39 is 0 Å². The SMILES string of the molecule is Cc1ccc(N2CCCNCC2C)cc1Cl. The van der Waals surface area contributed by atoms with E-state index in [0.29, 0.717) is 6.04 Å². The zero-order valence-electron chi connectivity index (χ0n) is 9.96. The Kier molecular flexibility index (Phi) is 3.72. The summed E-state index contributed by atoms with van der Waals surface area (Å²) in [6.45, 7) is 7.56. The highest BCUT2D eigenvalue weighted by Gasteiger charge is 2.17. The molecule has 0 aliphatic carbocycles. The van der Waals surface area contributed by atoms with Crippen LogP contribution in [0.3, 0.4) is 0 Å². The molecule has 2 nitrogen and oxygen atoms in total. The maximum absolute atomic E-state index is 6.18. The van der Waals surface area contributed by atoms with Gasteiger partial charge in [-0.1, -0.05) is 17.7 Å². The zero-order valence-corrected chi connectivity index (χ0v) is 10.7. The summed E-state index contributed by atoms with van der Waals surface area (Å²) in [5, 5.41) is 4.31. The molecule has 1 saturated heterocycles. The Labute approximate surface area is 103 Å². The number of halogens is 1. The minimum atomic E-state index is 0.529. The molecule has 1 atom stereocenters. The summed E-state index contributed by atoms with van der Waals surface area (Å²) in [5.74, 6) is 0. The lowest BCUT2D eigenvalue weighted by Crippen LogP contribution is -2.37. The van der Waals surface area contributed by atoms with Crippen molar-refractivity contribution in [3.05, 3.63) is 28.8 Å². The Morgan fingerprint density at radius 1 is 1.44 bits per heavy atom. The molecule has 0 amide bonds. The van der Waals surface area contributed by atoms with Crippen molar-refractivity contribution in [3.8, 4) is 0 Å². The van der Waals surface area contributed by atoms with Gasteiger partial charge in [0.05, 0.1) is 0 Å². The minimum Gasteiger partial charge on any atom is -0.367 e. The molecule has 1 fully saturated rings. The number of nitrogens with one attached hydrogen (secondary N) is 1. The lowest BCUT2D eigenvalue weighted by atomic mass is 10.1. The van der Waals surface area contributed by atoms with Crippen molar-refractivity contribution in [3.63, 3.8) is 0 Å². The maximum Gasteiger partial charge on any atom is 0.0455 e. The Morgan fingerprint density at radius 3 is 3.00 bits per heavy atom. The monoisotopic (exact) mass is 238 g/mol. The van der Waals surface area contributed by atoms with Crippen LogP contribution in [0.5, 0.6) is 0 Å². The molecule has 2 rings (SSSR count). The normalized spacial score (nSPS) is 21.9. The fraction of sp³-hybridized carbons (Fsp3) is 0.538. The summed E-state index contributed by atoms with van der Waals surface area (Å²) in [7, 11) is 0. The first-order valence-corrected chi connectivity index (χ1v) is 6.30. The van der Waals surface area contributed by atoms with Gasteiger partial charge in [-0.2, -0.15) is 0 Å². The van der Waals surface area contributed by atoms with Crippen LogP contribution in [0.4, 0.5) is 5.69 Å². The minimum absolute atomic E-state index is 0.529. The van der Waals surface area contributed by atoms with E-state index >= 15 is 0 Å². The van der Waals surface area contributed by atoms with Gasteiger partial charge in [-0.25, -0.2) is 0 Å². The summed E-state index contributed by atoms with van der Waals surface area (Å²) in [6, 6.07) is 6.88. The molecular formula is C13H19ClN2.